The van der Waals surface area contributed by atoms with E-state index in [-0.39, 0.29) is 18.4 Å². The molecule has 2 heterocycles. The van der Waals surface area contributed by atoms with Gasteiger partial charge in [0.15, 0.2) is 5.67 Å². The molecule has 4 fully saturated rings. The molecular weight excluding hydrogens is 537 g/mol. The van der Waals surface area contributed by atoms with Crippen molar-refractivity contribution in [3.8, 4) is 6.07 Å². The molecule has 4 unspecified atom stereocenters. The summed E-state index contributed by atoms with van der Waals surface area (Å²) in [5, 5.41) is 14.0. The van der Waals surface area contributed by atoms with Gasteiger partial charge in [0.05, 0.1) is 12.6 Å². The fraction of sp³-hybridized carbons (Fsp3) is 0.656. The van der Waals surface area contributed by atoms with Crippen molar-refractivity contribution in [3.63, 3.8) is 0 Å². The summed E-state index contributed by atoms with van der Waals surface area (Å²) in [6.45, 7) is 8.48. The van der Waals surface area contributed by atoms with Crippen LogP contribution in [0.1, 0.15) is 65.7 Å². The summed E-state index contributed by atoms with van der Waals surface area (Å²) in [4.78, 5) is 47.3. The lowest BCUT2D eigenvalue weighted by atomic mass is 9.82. The van der Waals surface area contributed by atoms with Crippen LogP contribution in [0, 0.1) is 35.0 Å². The minimum atomic E-state index is -1.68. The number of aldehydes is 1. The summed E-state index contributed by atoms with van der Waals surface area (Å²) in [6.07, 6.45) is 7.46. The number of hydrogen-bond donors (Lipinski definition) is 2. The van der Waals surface area contributed by atoms with E-state index in [1.165, 1.54) is 30.6 Å². The Balaban J connectivity index is 0.000000227. The van der Waals surface area contributed by atoms with Crippen molar-refractivity contribution in [1.82, 2.24) is 15.1 Å². The minimum absolute atomic E-state index is 0.0516. The second-order valence-electron chi connectivity index (χ2n) is 12.2. The van der Waals surface area contributed by atoms with Crippen LogP contribution in [0.25, 0.3) is 0 Å². The molecule has 9 nitrogen and oxygen atoms in total. The quantitative estimate of drug-likeness (QED) is 0.483. The molecule has 42 heavy (non-hydrogen) atoms. The SMILES string of the molecule is CC(C)C.CNc1ccccc1.N#CC1CC(C=O)CN1C=O.O=C(CNC(=O)C1(F)CC1)N1CC2CCCCC2C1. The molecule has 2 saturated carbocycles. The number of benzene rings is 1. The van der Waals surface area contributed by atoms with Gasteiger partial charge in [-0.05, 0) is 62.0 Å². The number of fused-ring (bicyclic) bond motifs is 1. The van der Waals surface area contributed by atoms with E-state index in [0.29, 0.717) is 44.1 Å². The van der Waals surface area contributed by atoms with Gasteiger partial charge in [-0.25, -0.2) is 4.39 Å². The normalized spacial score (nSPS) is 24.6. The number of carbonyl (C=O) groups excluding carboxylic acids is 4. The average Bonchev–Trinajstić information content (AvgIpc) is 3.42. The first kappa shape index (κ1) is 34.7. The maximum atomic E-state index is 13.4. The lowest BCUT2D eigenvalue weighted by Crippen LogP contribution is -2.42. The number of halogens is 1. The first-order valence-electron chi connectivity index (χ1n) is 15.1. The van der Waals surface area contributed by atoms with E-state index in [0.717, 1.165) is 31.0 Å². The molecule has 1 aromatic rings. The zero-order chi connectivity index (χ0) is 31.1. The third-order valence-corrected chi connectivity index (χ3v) is 7.74. The number of likely N-dealkylation sites (tertiary alicyclic amines) is 2. The Kier molecular flexibility index (Phi) is 14.4. The van der Waals surface area contributed by atoms with Crippen LogP contribution in [0.3, 0.4) is 0 Å². The molecule has 4 atom stereocenters. The molecule has 232 valence electrons. The molecular formula is C32H48FN5O4. The van der Waals surface area contributed by atoms with Gasteiger partial charge < -0.3 is 25.2 Å². The molecule has 2 N–H and O–H groups in total. The Morgan fingerprint density at radius 1 is 1.07 bits per heavy atom. The maximum Gasteiger partial charge on any atom is 0.258 e. The van der Waals surface area contributed by atoms with Crippen molar-refractivity contribution in [2.24, 2.45) is 23.7 Å². The molecule has 10 heteroatoms. The number of amides is 3. The van der Waals surface area contributed by atoms with Gasteiger partial charge in [0, 0.05) is 38.3 Å². The van der Waals surface area contributed by atoms with Crippen LogP contribution in [0.15, 0.2) is 30.3 Å². The molecule has 0 aromatic heterocycles. The summed E-state index contributed by atoms with van der Waals surface area (Å²) in [5.74, 6) is 1.29. The third-order valence-electron chi connectivity index (χ3n) is 7.74. The van der Waals surface area contributed by atoms with Crippen LogP contribution in [-0.4, -0.2) is 79.2 Å². The monoisotopic (exact) mass is 585 g/mol. The van der Waals surface area contributed by atoms with Crippen LogP contribution in [0.4, 0.5) is 10.1 Å². The topological polar surface area (TPSA) is 123 Å². The highest BCUT2D eigenvalue weighted by atomic mass is 19.1. The molecule has 3 amide bonds. The summed E-state index contributed by atoms with van der Waals surface area (Å²) in [7, 11) is 1.91. The van der Waals surface area contributed by atoms with Crippen molar-refractivity contribution in [2.45, 2.75) is 77.4 Å². The zero-order valence-electron chi connectivity index (χ0n) is 25.6. The van der Waals surface area contributed by atoms with Crippen LogP contribution >= 0.6 is 0 Å². The minimum Gasteiger partial charge on any atom is -0.388 e. The number of hydrogen-bond acceptors (Lipinski definition) is 6. The van der Waals surface area contributed by atoms with Crippen LogP contribution in [0.2, 0.25) is 0 Å². The molecule has 0 radical (unpaired) electrons. The first-order chi connectivity index (χ1) is 20.1. The standard InChI is InChI=1S/C14H21FN2O2.C7H8N2O2.C7H9N.C4H10/c15-14(5-6-14)13(19)16-7-12(18)17-8-10-3-1-2-4-11(10)9-17;8-2-7-1-6(4-10)3-9(7)5-11;1-8-7-5-3-2-4-6-7;1-4(2)3/h10-11H,1-9H2,(H,16,19);4-7H,1,3H2;2-6,8H,1H3;4H,1-3H3. The van der Waals surface area contributed by atoms with Gasteiger partial charge in [0.25, 0.3) is 5.91 Å². The van der Waals surface area contributed by atoms with E-state index in [2.05, 4.69) is 31.4 Å². The number of rotatable bonds is 6. The maximum absolute atomic E-state index is 13.4. The van der Waals surface area contributed by atoms with Gasteiger partial charge in [-0.1, -0.05) is 51.8 Å². The fourth-order valence-electron chi connectivity index (χ4n) is 5.21. The predicted octanol–water partition coefficient (Wildman–Crippen LogP) is 4.20. The Labute approximate surface area is 250 Å². The Morgan fingerprint density at radius 2 is 1.64 bits per heavy atom. The van der Waals surface area contributed by atoms with Gasteiger partial charge in [0.2, 0.25) is 12.3 Å². The number of anilines is 1. The Bertz CT molecular complexity index is 1030. The second kappa shape index (κ2) is 17.5. The second-order valence-corrected chi connectivity index (χ2v) is 12.2. The largest absolute Gasteiger partial charge is 0.388 e. The van der Waals surface area contributed by atoms with Crippen molar-refractivity contribution in [1.29, 1.82) is 5.26 Å². The zero-order valence-corrected chi connectivity index (χ0v) is 25.6. The van der Waals surface area contributed by atoms with Crippen molar-refractivity contribution < 1.29 is 23.6 Å². The number of nitrogens with zero attached hydrogens (tertiary/aromatic N) is 3. The predicted molar refractivity (Wildman–Crippen MR) is 161 cm³/mol. The third kappa shape index (κ3) is 11.4. The lowest BCUT2D eigenvalue weighted by molar-refractivity contribution is -0.134. The van der Waals surface area contributed by atoms with Gasteiger partial charge >= 0.3 is 0 Å². The highest BCUT2D eigenvalue weighted by Crippen LogP contribution is 2.40. The van der Waals surface area contributed by atoms with Gasteiger partial charge in [0.1, 0.15) is 12.3 Å². The van der Waals surface area contributed by atoms with E-state index in [4.69, 9.17) is 5.26 Å². The smallest absolute Gasteiger partial charge is 0.258 e. The number of alkyl halides is 1. The van der Waals surface area contributed by atoms with Crippen LogP contribution in [-0.2, 0) is 19.2 Å². The van der Waals surface area contributed by atoms with Crippen LogP contribution < -0.4 is 10.6 Å². The molecule has 1 aromatic carbocycles. The molecule has 2 saturated heterocycles. The number of nitriles is 1. The Morgan fingerprint density at radius 3 is 2.05 bits per heavy atom. The van der Waals surface area contributed by atoms with E-state index < -0.39 is 17.6 Å². The molecule has 0 bridgehead atoms. The number of para-hydroxylation sites is 1. The van der Waals surface area contributed by atoms with Gasteiger partial charge in [-0.3, -0.25) is 14.4 Å². The summed E-state index contributed by atoms with van der Waals surface area (Å²) in [6, 6.07) is 11.6. The van der Waals surface area contributed by atoms with Crippen molar-refractivity contribution >= 4 is 30.2 Å². The fourth-order valence-corrected chi connectivity index (χ4v) is 5.21. The number of carbonyl (C=O) groups is 4. The van der Waals surface area contributed by atoms with Crippen molar-refractivity contribution in [2.75, 3.05) is 38.5 Å². The summed E-state index contributed by atoms with van der Waals surface area (Å²) >= 11 is 0. The lowest BCUT2D eigenvalue weighted by Gasteiger charge is -2.22. The van der Waals surface area contributed by atoms with E-state index in [1.54, 1.807) is 0 Å². The van der Waals surface area contributed by atoms with E-state index in [9.17, 15) is 23.6 Å². The number of nitrogens with one attached hydrogen (secondary N) is 2. The summed E-state index contributed by atoms with van der Waals surface area (Å²) in [5.41, 5.74) is -0.522. The molecule has 5 rings (SSSR count). The van der Waals surface area contributed by atoms with Crippen molar-refractivity contribution in [3.05, 3.63) is 30.3 Å². The van der Waals surface area contributed by atoms with Crippen LogP contribution in [0.5, 0.6) is 0 Å². The highest BCUT2D eigenvalue weighted by molar-refractivity contribution is 5.91. The van der Waals surface area contributed by atoms with Gasteiger partial charge in [-0.2, -0.15) is 5.26 Å². The molecule has 0 spiro atoms. The van der Waals surface area contributed by atoms with E-state index in [1.807, 2.05) is 48.3 Å². The summed E-state index contributed by atoms with van der Waals surface area (Å²) < 4.78 is 13.4. The molecule has 2 aliphatic carbocycles. The Hall–Kier alpha value is -3.48. The average molecular weight is 586 g/mol. The highest BCUT2D eigenvalue weighted by Gasteiger charge is 2.51. The first-order valence-corrected chi connectivity index (χ1v) is 15.1. The van der Waals surface area contributed by atoms with E-state index >= 15 is 0 Å². The van der Waals surface area contributed by atoms with Gasteiger partial charge in [-0.15, -0.1) is 0 Å². The molecule has 4 aliphatic rings. The molecule has 2 aliphatic heterocycles.